The van der Waals surface area contributed by atoms with E-state index in [0.717, 1.165) is 17.8 Å². The number of hydrogen-bond donors (Lipinski definition) is 4. The number of nitrogens with zero attached hydrogens (tertiary/aromatic N) is 2. The Kier molecular flexibility index (Phi) is 7.33. The standard InChI is InChI=1S/C29H29ClN6O3/c1-4-23(37)35-29(12-15-36(2)17-29)11-8-18-16-31-13-9-19(18)25-26(24-21(33-25)10-14-32-28(24)38)34-22-7-5-6-20(30)27(22)39-3/h4-7,9,13,16,33-34H,1,10,12,14-15,17H2,2-3H3,(H,32,38)(H,35,37)/t29-/m1/s1. The molecule has 0 unspecified atom stereocenters. The molecular weight excluding hydrogens is 516 g/mol. The minimum absolute atomic E-state index is 0.177. The molecule has 0 bridgehead atoms. The molecule has 1 saturated heterocycles. The Labute approximate surface area is 232 Å². The number of halogens is 1. The molecule has 0 aliphatic carbocycles. The van der Waals surface area contributed by atoms with E-state index in [-0.39, 0.29) is 11.8 Å². The van der Waals surface area contributed by atoms with Crippen LogP contribution in [0, 0.1) is 11.8 Å². The molecule has 2 aromatic heterocycles. The molecule has 0 spiro atoms. The lowest BCUT2D eigenvalue weighted by atomic mass is 9.97. The van der Waals surface area contributed by atoms with Crippen molar-refractivity contribution in [1.29, 1.82) is 0 Å². The van der Waals surface area contributed by atoms with Crippen LogP contribution in [0.25, 0.3) is 11.3 Å². The molecule has 4 N–H and O–H groups in total. The average molecular weight is 545 g/mol. The number of rotatable bonds is 6. The number of carbonyl (C=O) groups is 2. The summed E-state index contributed by atoms with van der Waals surface area (Å²) in [5, 5.41) is 9.79. The van der Waals surface area contributed by atoms with Crippen LogP contribution >= 0.6 is 11.6 Å². The van der Waals surface area contributed by atoms with Gasteiger partial charge in [0.05, 0.1) is 40.3 Å². The number of ether oxygens (including phenoxy) is 1. The number of carbonyl (C=O) groups excluding carboxylic acids is 2. The molecule has 0 radical (unpaired) electrons. The molecule has 4 heterocycles. The SMILES string of the molecule is C=CC(=O)N[C@]1(C#Cc2cnccc2-c2[nH]c3c(c2Nc2cccc(Cl)c2OC)C(=O)NCC3)CCN(C)C1. The van der Waals surface area contributed by atoms with Gasteiger partial charge in [-0.05, 0) is 37.7 Å². The highest BCUT2D eigenvalue weighted by Crippen LogP contribution is 2.41. The van der Waals surface area contributed by atoms with Crippen molar-refractivity contribution in [2.75, 3.05) is 39.1 Å². The first-order chi connectivity index (χ1) is 18.8. The van der Waals surface area contributed by atoms with Crippen LogP contribution in [-0.4, -0.2) is 66.0 Å². The number of aromatic amines is 1. The smallest absolute Gasteiger partial charge is 0.255 e. The van der Waals surface area contributed by atoms with Gasteiger partial charge in [0.1, 0.15) is 5.54 Å². The Bertz CT molecular complexity index is 1520. The molecule has 0 saturated carbocycles. The van der Waals surface area contributed by atoms with Crippen molar-refractivity contribution in [2.45, 2.75) is 18.4 Å². The van der Waals surface area contributed by atoms with Crippen molar-refractivity contribution >= 4 is 34.8 Å². The van der Waals surface area contributed by atoms with Crippen LogP contribution in [0.4, 0.5) is 11.4 Å². The molecule has 5 rings (SSSR count). The molecule has 39 heavy (non-hydrogen) atoms. The summed E-state index contributed by atoms with van der Waals surface area (Å²) in [6.45, 7) is 5.51. The van der Waals surface area contributed by atoms with E-state index in [0.29, 0.717) is 64.9 Å². The minimum atomic E-state index is -0.711. The lowest BCUT2D eigenvalue weighted by Gasteiger charge is -2.23. The van der Waals surface area contributed by atoms with E-state index in [1.807, 2.05) is 25.2 Å². The minimum Gasteiger partial charge on any atom is -0.493 e. The summed E-state index contributed by atoms with van der Waals surface area (Å²) in [5.74, 6) is 6.62. The van der Waals surface area contributed by atoms with Gasteiger partial charge >= 0.3 is 0 Å². The fraction of sp³-hybridized carbons (Fsp3) is 0.276. The third-order valence-corrected chi connectivity index (χ3v) is 7.23. The second-order valence-corrected chi connectivity index (χ2v) is 10.0. The monoisotopic (exact) mass is 544 g/mol. The van der Waals surface area contributed by atoms with Gasteiger partial charge in [-0.15, -0.1) is 0 Å². The number of benzene rings is 1. The Balaban J connectivity index is 1.63. The molecule has 9 nitrogen and oxygen atoms in total. The largest absolute Gasteiger partial charge is 0.493 e. The number of pyridine rings is 1. The van der Waals surface area contributed by atoms with Crippen LogP contribution in [0.1, 0.15) is 28.0 Å². The van der Waals surface area contributed by atoms with E-state index in [1.165, 1.54) is 6.08 Å². The van der Waals surface area contributed by atoms with Crippen LogP contribution < -0.4 is 20.7 Å². The van der Waals surface area contributed by atoms with Gasteiger partial charge in [0, 0.05) is 49.7 Å². The third kappa shape index (κ3) is 5.21. The number of likely N-dealkylation sites (N-methyl/N-ethyl adjacent to an activating group) is 1. The van der Waals surface area contributed by atoms with Crippen LogP contribution in [0.3, 0.4) is 0 Å². The molecule has 1 atom stereocenters. The van der Waals surface area contributed by atoms with Gasteiger partial charge in [-0.2, -0.15) is 0 Å². The molecule has 1 fully saturated rings. The first-order valence-corrected chi connectivity index (χ1v) is 12.9. The molecule has 2 aliphatic heterocycles. The first-order valence-electron chi connectivity index (χ1n) is 12.6. The van der Waals surface area contributed by atoms with E-state index in [2.05, 4.69) is 49.2 Å². The Morgan fingerprint density at radius 3 is 2.95 bits per heavy atom. The summed E-state index contributed by atoms with van der Waals surface area (Å²) < 4.78 is 5.54. The van der Waals surface area contributed by atoms with Crippen LogP contribution in [0.15, 0.2) is 49.3 Å². The van der Waals surface area contributed by atoms with Gasteiger partial charge in [0.2, 0.25) is 5.91 Å². The molecular formula is C29H29ClN6O3. The number of anilines is 2. The number of methoxy groups -OCH3 is 1. The van der Waals surface area contributed by atoms with Gasteiger partial charge in [-0.1, -0.05) is 36.1 Å². The predicted molar refractivity (Wildman–Crippen MR) is 151 cm³/mol. The predicted octanol–water partition coefficient (Wildman–Crippen LogP) is 3.50. The Morgan fingerprint density at radius 1 is 1.36 bits per heavy atom. The first kappa shape index (κ1) is 26.4. The van der Waals surface area contributed by atoms with Crippen molar-refractivity contribution in [3.63, 3.8) is 0 Å². The van der Waals surface area contributed by atoms with Gasteiger partial charge in [0.15, 0.2) is 5.75 Å². The van der Waals surface area contributed by atoms with Crippen molar-refractivity contribution in [3.05, 3.63) is 71.2 Å². The summed E-state index contributed by atoms with van der Waals surface area (Å²) in [6, 6.07) is 7.24. The number of H-pyrrole nitrogens is 1. The van der Waals surface area contributed by atoms with Crippen molar-refractivity contribution in [3.8, 4) is 28.8 Å². The second-order valence-electron chi connectivity index (χ2n) is 9.61. The maximum atomic E-state index is 13.0. The lowest BCUT2D eigenvalue weighted by molar-refractivity contribution is -0.117. The number of nitrogens with one attached hydrogen (secondary N) is 4. The highest BCUT2D eigenvalue weighted by molar-refractivity contribution is 6.32. The number of para-hydroxylation sites is 1. The number of amides is 2. The lowest BCUT2D eigenvalue weighted by Crippen LogP contribution is -2.48. The van der Waals surface area contributed by atoms with Crippen molar-refractivity contribution in [1.82, 2.24) is 25.5 Å². The maximum Gasteiger partial charge on any atom is 0.255 e. The summed E-state index contributed by atoms with van der Waals surface area (Å²) in [5.41, 5.74) is 3.95. The highest BCUT2D eigenvalue weighted by Gasteiger charge is 2.36. The summed E-state index contributed by atoms with van der Waals surface area (Å²) >= 11 is 6.38. The zero-order valence-corrected chi connectivity index (χ0v) is 22.5. The van der Waals surface area contributed by atoms with E-state index in [1.54, 1.807) is 25.6 Å². The summed E-state index contributed by atoms with van der Waals surface area (Å²) in [7, 11) is 3.54. The fourth-order valence-corrected chi connectivity index (χ4v) is 5.33. The second kappa shape index (κ2) is 10.8. The summed E-state index contributed by atoms with van der Waals surface area (Å²) in [4.78, 5) is 35.1. The van der Waals surface area contributed by atoms with Gasteiger partial charge < -0.3 is 30.6 Å². The van der Waals surface area contributed by atoms with Gasteiger partial charge in [-0.3, -0.25) is 14.6 Å². The molecule has 2 aliphatic rings. The maximum absolute atomic E-state index is 13.0. The highest BCUT2D eigenvalue weighted by atomic mass is 35.5. The van der Waals surface area contributed by atoms with E-state index < -0.39 is 5.54 Å². The Morgan fingerprint density at radius 2 is 2.21 bits per heavy atom. The van der Waals surface area contributed by atoms with Gasteiger partial charge in [-0.25, -0.2) is 0 Å². The van der Waals surface area contributed by atoms with Crippen molar-refractivity contribution in [2.24, 2.45) is 0 Å². The van der Waals surface area contributed by atoms with E-state index in [4.69, 9.17) is 16.3 Å². The fourth-order valence-electron chi connectivity index (χ4n) is 5.08. The zero-order chi connectivity index (χ0) is 27.6. The molecule has 3 aromatic rings. The average Bonchev–Trinajstić information content (AvgIpc) is 3.48. The number of likely N-dealkylation sites (tertiary alicyclic amines) is 1. The molecule has 2 amide bonds. The quantitative estimate of drug-likeness (QED) is 0.279. The third-order valence-electron chi connectivity index (χ3n) is 6.93. The molecule has 1 aromatic carbocycles. The van der Waals surface area contributed by atoms with Crippen LogP contribution in [0.2, 0.25) is 5.02 Å². The van der Waals surface area contributed by atoms with Crippen LogP contribution in [-0.2, 0) is 11.2 Å². The van der Waals surface area contributed by atoms with Crippen molar-refractivity contribution < 1.29 is 14.3 Å². The molecule has 10 heteroatoms. The summed E-state index contributed by atoms with van der Waals surface area (Å²) in [6.07, 6.45) is 5.96. The van der Waals surface area contributed by atoms with Crippen LogP contribution in [0.5, 0.6) is 5.75 Å². The number of fused-ring (bicyclic) bond motifs is 1. The van der Waals surface area contributed by atoms with Gasteiger partial charge in [0.25, 0.3) is 5.91 Å². The number of aromatic nitrogens is 2. The van der Waals surface area contributed by atoms with E-state index in [9.17, 15) is 9.59 Å². The Hall–Kier alpha value is -4.26. The van der Waals surface area contributed by atoms with E-state index >= 15 is 0 Å². The zero-order valence-electron chi connectivity index (χ0n) is 21.8. The topological polar surface area (TPSA) is 111 Å². The molecule has 200 valence electrons. The normalized spacial score (nSPS) is 18.4. The number of hydrogen-bond acceptors (Lipinski definition) is 6.